The van der Waals surface area contributed by atoms with Crippen LogP contribution in [0.4, 0.5) is 0 Å². The van der Waals surface area contributed by atoms with Crippen molar-refractivity contribution in [2.45, 2.75) is 53.4 Å². The quantitative estimate of drug-likeness (QED) is 0.434. The number of unbranched alkanes of at least 4 members (excludes halogenated alkanes) is 1. The van der Waals surface area contributed by atoms with Gasteiger partial charge in [0.1, 0.15) is 0 Å². The van der Waals surface area contributed by atoms with Crippen molar-refractivity contribution >= 4 is 5.84 Å². The molecule has 3 N–H and O–H groups in total. The van der Waals surface area contributed by atoms with Crippen molar-refractivity contribution in [3.05, 3.63) is 0 Å². The second-order valence-electron chi connectivity index (χ2n) is 6.96. The van der Waals surface area contributed by atoms with Crippen LogP contribution < -0.4 is 5.73 Å². The standard InChI is InChI=1S/C15H31N3/c1-12-9-13(2)11-18(10-12)8-6-5-7-15(3,4)14(16)17/h12-13H,5-11H2,1-4H3,(H3,16,17). The minimum Gasteiger partial charge on any atom is -0.387 e. The van der Waals surface area contributed by atoms with Crippen molar-refractivity contribution < 1.29 is 0 Å². The second kappa shape index (κ2) is 6.55. The van der Waals surface area contributed by atoms with Gasteiger partial charge in [-0.1, -0.05) is 34.1 Å². The Morgan fingerprint density at radius 1 is 1.22 bits per heavy atom. The zero-order valence-corrected chi connectivity index (χ0v) is 12.6. The first kappa shape index (κ1) is 15.5. The molecular formula is C15H31N3. The van der Waals surface area contributed by atoms with Crippen LogP contribution in [0, 0.1) is 22.7 Å². The van der Waals surface area contributed by atoms with Crippen LogP contribution in [-0.4, -0.2) is 30.4 Å². The highest BCUT2D eigenvalue weighted by atomic mass is 15.1. The number of likely N-dealkylation sites (tertiary alicyclic amines) is 1. The maximum absolute atomic E-state index is 7.55. The molecule has 1 aliphatic heterocycles. The molecule has 0 amide bonds. The maximum Gasteiger partial charge on any atom is 0.0963 e. The highest BCUT2D eigenvalue weighted by molar-refractivity contribution is 5.82. The molecular weight excluding hydrogens is 222 g/mol. The van der Waals surface area contributed by atoms with Gasteiger partial charge < -0.3 is 10.6 Å². The van der Waals surface area contributed by atoms with Crippen LogP contribution in [0.5, 0.6) is 0 Å². The smallest absolute Gasteiger partial charge is 0.0963 e. The topological polar surface area (TPSA) is 53.1 Å². The number of rotatable bonds is 6. The normalized spacial score (nSPS) is 26.2. The molecule has 1 rings (SSSR count). The zero-order valence-electron chi connectivity index (χ0n) is 12.6. The van der Waals surface area contributed by atoms with E-state index in [1.165, 1.54) is 38.9 Å². The molecule has 1 heterocycles. The van der Waals surface area contributed by atoms with Gasteiger partial charge in [0.15, 0.2) is 0 Å². The van der Waals surface area contributed by atoms with Gasteiger partial charge in [0.05, 0.1) is 5.84 Å². The number of amidine groups is 1. The number of nitrogens with one attached hydrogen (secondary N) is 1. The van der Waals surface area contributed by atoms with Crippen molar-refractivity contribution in [1.29, 1.82) is 5.41 Å². The summed E-state index contributed by atoms with van der Waals surface area (Å²) in [6.45, 7) is 12.6. The molecule has 106 valence electrons. The predicted octanol–water partition coefficient (Wildman–Crippen LogP) is 3.10. The molecule has 2 unspecified atom stereocenters. The molecule has 1 saturated heterocycles. The van der Waals surface area contributed by atoms with Gasteiger partial charge in [-0.2, -0.15) is 0 Å². The van der Waals surface area contributed by atoms with Gasteiger partial charge in [0, 0.05) is 18.5 Å². The lowest BCUT2D eigenvalue weighted by Gasteiger charge is -2.35. The van der Waals surface area contributed by atoms with Crippen molar-refractivity contribution in [3.63, 3.8) is 0 Å². The van der Waals surface area contributed by atoms with Crippen LogP contribution >= 0.6 is 0 Å². The van der Waals surface area contributed by atoms with Gasteiger partial charge in [0.2, 0.25) is 0 Å². The summed E-state index contributed by atoms with van der Waals surface area (Å²) in [5.41, 5.74) is 5.48. The van der Waals surface area contributed by atoms with Crippen molar-refractivity contribution in [2.75, 3.05) is 19.6 Å². The third kappa shape index (κ3) is 4.97. The Hall–Kier alpha value is -0.570. The maximum atomic E-state index is 7.55. The van der Waals surface area contributed by atoms with Crippen LogP contribution in [0.1, 0.15) is 53.4 Å². The average Bonchev–Trinajstić information content (AvgIpc) is 2.23. The van der Waals surface area contributed by atoms with Crippen LogP contribution in [0.2, 0.25) is 0 Å². The third-order valence-electron chi connectivity index (χ3n) is 4.20. The van der Waals surface area contributed by atoms with Crippen LogP contribution in [-0.2, 0) is 0 Å². The summed E-state index contributed by atoms with van der Waals surface area (Å²) in [4.78, 5) is 2.61. The lowest BCUT2D eigenvalue weighted by atomic mass is 9.86. The van der Waals surface area contributed by atoms with Crippen molar-refractivity contribution in [2.24, 2.45) is 23.0 Å². The summed E-state index contributed by atoms with van der Waals surface area (Å²) in [6, 6.07) is 0. The minimum atomic E-state index is -0.123. The zero-order chi connectivity index (χ0) is 13.8. The van der Waals surface area contributed by atoms with E-state index in [1.54, 1.807) is 0 Å². The van der Waals surface area contributed by atoms with Crippen molar-refractivity contribution in [3.8, 4) is 0 Å². The fourth-order valence-electron chi connectivity index (χ4n) is 3.01. The molecule has 18 heavy (non-hydrogen) atoms. The predicted molar refractivity (Wildman–Crippen MR) is 78.9 cm³/mol. The average molecular weight is 253 g/mol. The number of hydrogen-bond donors (Lipinski definition) is 2. The summed E-state index contributed by atoms with van der Waals surface area (Å²) < 4.78 is 0. The highest BCUT2D eigenvalue weighted by Crippen LogP contribution is 2.24. The molecule has 0 aromatic carbocycles. The molecule has 3 nitrogen and oxygen atoms in total. The van der Waals surface area contributed by atoms with Crippen LogP contribution in [0.25, 0.3) is 0 Å². The van der Waals surface area contributed by atoms with Crippen LogP contribution in [0.15, 0.2) is 0 Å². The van der Waals surface area contributed by atoms with Gasteiger partial charge in [-0.25, -0.2) is 0 Å². The van der Waals surface area contributed by atoms with Gasteiger partial charge >= 0.3 is 0 Å². The fourth-order valence-corrected chi connectivity index (χ4v) is 3.01. The van der Waals surface area contributed by atoms with Gasteiger partial charge in [0.25, 0.3) is 0 Å². The Bertz CT molecular complexity index is 263. The summed E-state index contributed by atoms with van der Waals surface area (Å²) in [5, 5.41) is 7.55. The Balaban J connectivity index is 2.20. The fraction of sp³-hybridized carbons (Fsp3) is 0.933. The van der Waals surface area contributed by atoms with Gasteiger partial charge in [-0.15, -0.1) is 0 Å². The van der Waals surface area contributed by atoms with E-state index in [9.17, 15) is 0 Å². The van der Waals surface area contributed by atoms with E-state index >= 15 is 0 Å². The molecule has 0 bridgehead atoms. The molecule has 1 aliphatic rings. The molecule has 3 heteroatoms. The Morgan fingerprint density at radius 3 is 2.28 bits per heavy atom. The Morgan fingerprint density at radius 2 is 1.78 bits per heavy atom. The largest absolute Gasteiger partial charge is 0.387 e. The van der Waals surface area contributed by atoms with E-state index in [2.05, 4.69) is 32.6 Å². The molecule has 0 spiro atoms. The van der Waals surface area contributed by atoms with Crippen molar-refractivity contribution in [1.82, 2.24) is 4.90 Å². The molecule has 1 fully saturated rings. The number of hydrogen-bond acceptors (Lipinski definition) is 2. The van der Waals surface area contributed by atoms with Gasteiger partial charge in [-0.3, -0.25) is 5.41 Å². The number of nitrogens with zero attached hydrogens (tertiary/aromatic N) is 1. The SMILES string of the molecule is CC1CC(C)CN(CCCCC(C)(C)C(=N)N)C1. The second-order valence-corrected chi connectivity index (χ2v) is 6.96. The molecule has 2 atom stereocenters. The molecule has 0 aromatic heterocycles. The lowest BCUT2D eigenvalue weighted by molar-refractivity contribution is 0.138. The summed E-state index contributed by atoms with van der Waals surface area (Å²) in [7, 11) is 0. The van der Waals surface area contributed by atoms with E-state index in [0.29, 0.717) is 5.84 Å². The molecule has 0 radical (unpaired) electrons. The number of piperidine rings is 1. The van der Waals surface area contributed by atoms with Crippen LogP contribution in [0.3, 0.4) is 0 Å². The van der Waals surface area contributed by atoms with E-state index in [4.69, 9.17) is 11.1 Å². The molecule has 0 aromatic rings. The van der Waals surface area contributed by atoms with E-state index in [1.807, 2.05) is 0 Å². The first-order chi connectivity index (χ1) is 8.31. The minimum absolute atomic E-state index is 0.123. The third-order valence-corrected chi connectivity index (χ3v) is 4.20. The highest BCUT2D eigenvalue weighted by Gasteiger charge is 2.23. The Kier molecular flexibility index (Phi) is 5.64. The molecule has 0 aliphatic carbocycles. The van der Waals surface area contributed by atoms with E-state index < -0.39 is 0 Å². The van der Waals surface area contributed by atoms with Gasteiger partial charge in [-0.05, 0) is 37.6 Å². The first-order valence-electron chi connectivity index (χ1n) is 7.38. The Labute approximate surface area is 113 Å². The lowest BCUT2D eigenvalue weighted by Crippen LogP contribution is -2.39. The summed E-state index contributed by atoms with van der Waals surface area (Å²) >= 11 is 0. The molecule has 0 saturated carbocycles. The number of nitrogens with two attached hydrogens (primary N) is 1. The monoisotopic (exact) mass is 253 g/mol. The van der Waals surface area contributed by atoms with E-state index in [-0.39, 0.29) is 5.41 Å². The van der Waals surface area contributed by atoms with E-state index in [0.717, 1.165) is 18.3 Å². The summed E-state index contributed by atoms with van der Waals surface area (Å²) in [5.74, 6) is 2.02. The summed E-state index contributed by atoms with van der Waals surface area (Å²) in [6.07, 6.45) is 4.82. The first-order valence-corrected chi connectivity index (χ1v) is 7.38.